The van der Waals surface area contributed by atoms with Gasteiger partial charge in [0.25, 0.3) is 0 Å². The maximum Gasteiger partial charge on any atom is 0.243 e. The second kappa shape index (κ2) is 11.5. The third kappa shape index (κ3) is 6.66. The van der Waals surface area contributed by atoms with Crippen molar-refractivity contribution < 1.29 is 14.3 Å². The average molecular weight is 403 g/mol. The maximum absolute atomic E-state index is 12.9. The highest BCUT2D eigenvalue weighted by atomic mass is 35.5. The van der Waals surface area contributed by atoms with Crippen LogP contribution in [0.4, 0.5) is 0 Å². The van der Waals surface area contributed by atoms with Crippen LogP contribution < -0.4 is 5.32 Å². The Balaban J connectivity index is 2.28. The second-order valence-electron chi connectivity index (χ2n) is 6.49. The van der Waals surface area contributed by atoms with Crippen molar-refractivity contribution in [2.45, 2.75) is 32.4 Å². The minimum atomic E-state index is -0.609. The molecule has 6 heteroatoms. The molecule has 1 atom stereocenters. The Morgan fingerprint density at radius 2 is 1.75 bits per heavy atom. The molecule has 0 saturated heterocycles. The minimum Gasteiger partial charge on any atom is -0.383 e. The topological polar surface area (TPSA) is 58.6 Å². The quantitative estimate of drug-likeness (QED) is 0.619. The van der Waals surface area contributed by atoms with Gasteiger partial charge in [-0.15, -0.1) is 0 Å². The van der Waals surface area contributed by atoms with Crippen LogP contribution in [0.2, 0.25) is 5.02 Å². The van der Waals surface area contributed by atoms with Crippen LogP contribution in [0.15, 0.2) is 54.6 Å². The molecule has 0 heterocycles. The summed E-state index contributed by atoms with van der Waals surface area (Å²) < 4.78 is 5.02. The van der Waals surface area contributed by atoms with E-state index in [1.54, 1.807) is 31.1 Å². The standard InChI is InChI=1S/C22H27ClN2O3/c1-3-21(26)25(16-18-9-11-19(23)12-10-18)20(22(27)24-13-14-28-2)15-17-7-5-4-6-8-17/h4-12,20H,3,13-16H2,1-2H3,(H,24,27)/t20-/m1/s1. The van der Waals surface area contributed by atoms with Gasteiger partial charge in [-0.3, -0.25) is 9.59 Å². The van der Waals surface area contributed by atoms with E-state index in [1.165, 1.54) is 0 Å². The van der Waals surface area contributed by atoms with Gasteiger partial charge in [0.2, 0.25) is 11.8 Å². The molecule has 28 heavy (non-hydrogen) atoms. The zero-order valence-corrected chi connectivity index (χ0v) is 17.1. The molecule has 0 aliphatic carbocycles. The predicted molar refractivity (Wildman–Crippen MR) is 111 cm³/mol. The van der Waals surface area contributed by atoms with Crippen LogP contribution >= 0.6 is 11.6 Å². The van der Waals surface area contributed by atoms with Gasteiger partial charge in [-0.25, -0.2) is 0 Å². The Morgan fingerprint density at radius 1 is 1.07 bits per heavy atom. The van der Waals surface area contributed by atoms with Crippen molar-refractivity contribution in [1.82, 2.24) is 10.2 Å². The number of carbonyl (C=O) groups is 2. The SMILES string of the molecule is CCC(=O)N(Cc1ccc(Cl)cc1)[C@H](Cc1ccccc1)C(=O)NCCOC. The number of ether oxygens (including phenoxy) is 1. The molecule has 2 rings (SSSR count). The second-order valence-corrected chi connectivity index (χ2v) is 6.93. The van der Waals surface area contributed by atoms with Gasteiger partial charge in [-0.1, -0.05) is 61.0 Å². The van der Waals surface area contributed by atoms with Crippen molar-refractivity contribution in [2.24, 2.45) is 0 Å². The highest BCUT2D eigenvalue weighted by Crippen LogP contribution is 2.17. The van der Waals surface area contributed by atoms with Gasteiger partial charge in [0.15, 0.2) is 0 Å². The zero-order valence-electron chi connectivity index (χ0n) is 16.4. The third-order valence-electron chi connectivity index (χ3n) is 4.45. The van der Waals surface area contributed by atoms with Gasteiger partial charge in [-0.2, -0.15) is 0 Å². The molecular formula is C22H27ClN2O3. The summed E-state index contributed by atoms with van der Waals surface area (Å²) >= 11 is 5.97. The van der Waals surface area contributed by atoms with Crippen LogP contribution in [0.1, 0.15) is 24.5 Å². The molecule has 0 bridgehead atoms. The molecule has 2 aromatic rings. The van der Waals surface area contributed by atoms with E-state index < -0.39 is 6.04 Å². The van der Waals surface area contributed by atoms with Crippen LogP contribution in [0.3, 0.4) is 0 Å². The molecule has 5 nitrogen and oxygen atoms in total. The normalized spacial score (nSPS) is 11.7. The summed E-state index contributed by atoms with van der Waals surface area (Å²) in [6.45, 7) is 2.97. The number of carbonyl (C=O) groups excluding carboxylic acids is 2. The molecule has 2 aromatic carbocycles. The first-order valence-corrected chi connectivity index (χ1v) is 9.77. The van der Waals surface area contributed by atoms with Crippen molar-refractivity contribution in [1.29, 1.82) is 0 Å². The van der Waals surface area contributed by atoms with Crippen molar-refractivity contribution in [3.05, 3.63) is 70.7 Å². The maximum atomic E-state index is 12.9. The minimum absolute atomic E-state index is 0.0715. The summed E-state index contributed by atoms with van der Waals surface area (Å²) in [6, 6.07) is 16.4. The first-order valence-electron chi connectivity index (χ1n) is 9.39. The van der Waals surface area contributed by atoms with E-state index in [0.29, 0.717) is 37.6 Å². The van der Waals surface area contributed by atoms with E-state index >= 15 is 0 Å². The van der Waals surface area contributed by atoms with E-state index in [9.17, 15) is 9.59 Å². The highest BCUT2D eigenvalue weighted by molar-refractivity contribution is 6.30. The largest absolute Gasteiger partial charge is 0.383 e. The van der Waals surface area contributed by atoms with Crippen molar-refractivity contribution in [3.63, 3.8) is 0 Å². The van der Waals surface area contributed by atoms with E-state index in [1.807, 2.05) is 42.5 Å². The molecule has 0 fully saturated rings. The first-order chi connectivity index (χ1) is 13.5. The number of halogens is 1. The molecule has 0 radical (unpaired) electrons. The number of benzene rings is 2. The average Bonchev–Trinajstić information content (AvgIpc) is 2.72. The number of nitrogens with zero attached hydrogens (tertiary/aromatic N) is 1. The molecule has 0 aromatic heterocycles. The number of nitrogens with one attached hydrogen (secondary N) is 1. The monoisotopic (exact) mass is 402 g/mol. The Labute approximate surface area is 171 Å². The van der Waals surface area contributed by atoms with Crippen molar-refractivity contribution in [3.8, 4) is 0 Å². The lowest BCUT2D eigenvalue weighted by Crippen LogP contribution is -2.50. The lowest BCUT2D eigenvalue weighted by Gasteiger charge is -2.31. The van der Waals surface area contributed by atoms with Crippen LogP contribution in [0, 0.1) is 0 Å². The summed E-state index contributed by atoms with van der Waals surface area (Å²) in [5, 5.41) is 3.51. The van der Waals surface area contributed by atoms with Gasteiger partial charge in [0, 0.05) is 38.1 Å². The Kier molecular flexibility index (Phi) is 8.98. The van der Waals surface area contributed by atoms with Crippen LogP contribution in [0.5, 0.6) is 0 Å². The molecular weight excluding hydrogens is 376 g/mol. The van der Waals surface area contributed by atoms with Crippen molar-refractivity contribution in [2.75, 3.05) is 20.3 Å². The summed E-state index contributed by atoms with van der Waals surface area (Å²) in [5.74, 6) is -0.255. The van der Waals surface area contributed by atoms with E-state index in [2.05, 4.69) is 5.32 Å². The molecule has 0 aliphatic rings. The number of rotatable bonds is 10. The molecule has 2 amide bonds. The number of hydrogen-bond donors (Lipinski definition) is 1. The first kappa shape index (κ1) is 21.9. The fourth-order valence-electron chi connectivity index (χ4n) is 2.94. The number of methoxy groups -OCH3 is 1. The van der Waals surface area contributed by atoms with Gasteiger partial charge in [0.1, 0.15) is 6.04 Å². The van der Waals surface area contributed by atoms with Crippen LogP contribution in [-0.2, 0) is 27.3 Å². The van der Waals surface area contributed by atoms with Crippen LogP contribution in [-0.4, -0.2) is 43.0 Å². The van der Waals surface area contributed by atoms with E-state index in [-0.39, 0.29) is 11.8 Å². The summed E-state index contributed by atoms with van der Waals surface area (Å²) in [5.41, 5.74) is 1.92. The zero-order chi connectivity index (χ0) is 20.4. The molecule has 150 valence electrons. The predicted octanol–water partition coefficient (Wildman–Crippen LogP) is 3.45. The fourth-order valence-corrected chi connectivity index (χ4v) is 3.06. The summed E-state index contributed by atoms with van der Waals surface area (Å²) in [4.78, 5) is 27.3. The molecule has 0 saturated carbocycles. The molecule has 1 N–H and O–H groups in total. The number of hydrogen-bond acceptors (Lipinski definition) is 3. The lowest BCUT2D eigenvalue weighted by atomic mass is 10.0. The van der Waals surface area contributed by atoms with E-state index in [4.69, 9.17) is 16.3 Å². The third-order valence-corrected chi connectivity index (χ3v) is 4.70. The molecule has 0 aliphatic heterocycles. The van der Waals surface area contributed by atoms with Gasteiger partial charge < -0.3 is 15.0 Å². The lowest BCUT2D eigenvalue weighted by molar-refractivity contribution is -0.141. The molecule has 0 spiro atoms. The van der Waals surface area contributed by atoms with Gasteiger partial charge >= 0.3 is 0 Å². The highest BCUT2D eigenvalue weighted by Gasteiger charge is 2.29. The number of amides is 2. The fraction of sp³-hybridized carbons (Fsp3) is 0.364. The van der Waals surface area contributed by atoms with Crippen LogP contribution in [0.25, 0.3) is 0 Å². The summed E-state index contributed by atoms with van der Waals surface area (Å²) in [7, 11) is 1.58. The van der Waals surface area contributed by atoms with Crippen molar-refractivity contribution >= 4 is 23.4 Å². The Hall–Kier alpha value is -2.37. The van der Waals surface area contributed by atoms with E-state index in [0.717, 1.165) is 11.1 Å². The molecule has 0 unspecified atom stereocenters. The Morgan fingerprint density at radius 3 is 2.36 bits per heavy atom. The summed E-state index contributed by atoms with van der Waals surface area (Å²) in [6.07, 6.45) is 0.767. The van der Waals surface area contributed by atoms with Gasteiger partial charge in [-0.05, 0) is 23.3 Å². The Bertz CT molecular complexity index is 750. The smallest absolute Gasteiger partial charge is 0.243 e. The van der Waals surface area contributed by atoms with Gasteiger partial charge in [0.05, 0.1) is 6.61 Å².